The highest BCUT2D eigenvalue weighted by Crippen LogP contribution is 1.53. The zero-order valence-electron chi connectivity index (χ0n) is 3.10. The molecule has 0 saturated heterocycles. The van der Waals surface area contributed by atoms with Crippen LogP contribution in [0.15, 0.2) is 12.3 Å². The second kappa shape index (κ2) is 3.50. The number of hydrogen-bond acceptors (Lipinski definition) is 2. The fourth-order valence-electron chi connectivity index (χ4n) is 0.0745. The summed E-state index contributed by atoms with van der Waals surface area (Å²) < 4.78 is 0. The van der Waals surface area contributed by atoms with Gasteiger partial charge in [0, 0.05) is 6.20 Å². The van der Waals surface area contributed by atoms with Crippen LogP contribution in [0.5, 0.6) is 0 Å². The molecule has 2 nitrogen and oxygen atoms in total. The molecule has 0 aliphatic carbocycles. The van der Waals surface area contributed by atoms with Crippen molar-refractivity contribution in [2.75, 3.05) is 0 Å². The van der Waals surface area contributed by atoms with Gasteiger partial charge in [0.1, 0.15) is 0 Å². The van der Waals surface area contributed by atoms with Crippen molar-refractivity contribution in [2.45, 2.75) is 6.92 Å². The molecule has 0 rings (SSSR count). The maximum atomic E-state index is 7.73. The predicted octanol–water partition coefficient (Wildman–Crippen LogP) is 0.499. The van der Waals surface area contributed by atoms with Crippen molar-refractivity contribution in [2.24, 2.45) is 0 Å². The average Bonchev–Trinajstić information content (AvgIpc) is 1.41. The number of allylic oxidation sites excluding steroid dienone is 1. The molecule has 2 heteroatoms. The molecule has 30 valence electrons. The SMILES string of the molecule is C/C=C/NO. The second-order valence-electron chi connectivity index (χ2n) is 0.629. The number of hydroxylamine groups is 1. The Kier molecular flexibility index (Phi) is 3.15. The quantitative estimate of drug-likeness (QED) is 0.443. The molecule has 0 spiro atoms. The van der Waals surface area contributed by atoms with Gasteiger partial charge in [-0.2, -0.15) is 0 Å². The minimum atomic E-state index is 1.43. The van der Waals surface area contributed by atoms with Crippen LogP contribution in [0.4, 0.5) is 0 Å². The summed E-state index contributed by atoms with van der Waals surface area (Å²) in [6.45, 7) is 1.81. The summed E-state index contributed by atoms with van der Waals surface area (Å²) in [5.41, 5.74) is 1.84. The molecule has 0 aromatic heterocycles. The maximum Gasteiger partial charge on any atom is 0.0197 e. The lowest BCUT2D eigenvalue weighted by molar-refractivity contribution is 0.214. The Labute approximate surface area is 31.1 Å². The van der Waals surface area contributed by atoms with E-state index in [2.05, 4.69) is 0 Å². The average molecular weight is 73.1 g/mol. The topological polar surface area (TPSA) is 32.3 Å². The molecule has 0 aromatic rings. The van der Waals surface area contributed by atoms with Crippen molar-refractivity contribution < 1.29 is 5.21 Å². The Hall–Kier alpha value is -0.500. The molecular formula is C3H7NO. The minimum Gasteiger partial charge on any atom is -0.292 e. The summed E-state index contributed by atoms with van der Waals surface area (Å²) >= 11 is 0. The van der Waals surface area contributed by atoms with E-state index in [4.69, 9.17) is 5.21 Å². The van der Waals surface area contributed by atoms with E-state index in [0.29, 0.717) is 0 Å². The van der Waals surface area contributed by atoms with E-state index in [1.165, 1.54) is 6.20 Å². The van der Waals surface area contributed by atoms with Gasteiger partial charge < -0.3 is 0 Å². The lowest BCUT2D eigenvalue weighted by Gasteiger charge is -1.74. The highest BCUT2D eigenvalue weighted by molar-refractivity contribution is 4.67. The highest BCUT2D eigenvalue weighted by atomic mass is 16.5. The molecule has 0 amide bonds. The molecular weight excluding hydrogens is 66.0 g/mol. The maximum absolute atomic E-state index is 7.73. The largest absolute Gasteiger partial charge is 0.292 e. The van der Waals surface area contributed by atoms with Gasteiger partial charge in [0.05, 0.1) is 0 Å². The van der Waals surface area contributed by atoms with E-state index in [1.807, 2.05) is 12.4 Å². The lowest BCUT2D eigenvalue weighted by Crippen LogP contribution is -1.90. The van der Waals surface area contributed by atoms with Crippen molar-refractivity contribution in [3.05, 3.63) is 12.3 Å². The fraction of sp³-hybridized carbons (Fsp3) is 0.333. The van der Waals surface area contributed by atoms with Crippen LogP contribution in [0, 0.1) is 0 Å². The zero-order chi connectivity index (χ0) is 4.12. The van der Waals surface area contributed by atoms with E-state index in [-0.39, 0.29) is 0 Å². The zero-order valence-corrected chi connectivity index (χ0v) is 3.10. The summed E-state index contributed by atoms with van der Waals surface area (Å²) in [5.74, 6) is 0. The van der Waals surface area contributed by atoms with Crippen LogP contribution in [0.25, 0.3) is 0 Å². The van der Waals surface area contributed by atoms with E-state index < -0.39 is 0 Å². The Morgan fingerprint density at radius 3 is 2.40 bits per heavy atom. The molecule has 5 heavy (non-hydrogen) atoms. The van der Waals surface area contributed by atoms with Gasteiger partial charge in [0.2, 0.25) is 0 Å². The van der Waals surface area contributed by atoms with Gasteiger partial charge >= 0.3 is 0 Å². The Morgan fingerprint density at radius 1 is 1.80 bits per heavy atom. The molecule has 0 atom stereocenters. The van der Waals surface area contributed by atoms with Crippen molar-refractivity contribution in [3.63, 3.8) is 0 Å². The van der Waals surface area contributed by atoms with E-state index in [9.17, 15) is 0 Å². The van der Waals surface area contributed by atoms with Crippen LogP contribution in [0.2, 0.25) is 0 Å². The van der Waals surface area contributed by atoms with E-state index in [0.717, 1.165) is 0 Å². The van der Waals surface area contributed by atoms with Gasteiger partial charge in [0.15, 0.2) is 0 Å². The Bertz CT molecular complexity index is 33.9. The van der Waals surface area contributed by atoms with E-state index in [1.54, 1.807) is 6.08 Å². The molecule has 0 radical (unpaired) electrons. The molecule has 0 fully saturated rings. The first-order chi connectivity index (χ1) is 2.41. The monoisotopic (exact) mass is 73.1 g/mol. The molecule has 0 saturated carbocycles. The van der Waals surface area contributed by atoms with Gasteiger partial charge in [-0.05, 0) is 6.92 Å². The smallest absolute Gasteiger partial charge is 0.0197 e. The number of hydrogen-bond donors (Lipinski definition) is 2. The number of rotatable bonds is 1. The normalized spacial score (nSPS) is 9.20. The first-order valence-corrected chi connectivity index (χ1v) is 1.42. The van der Waals surface area contributed by atoms with Crippen LogP contribution < -0.4 is 5.48 Å². The van der Waals surface area contributed by atoms with Crippen LogP contribution in [0.3, 0.4) is 0 Å². The lowest BCUT2D eigenvalue weighted by atomic mass is 10.7. The molecule has 0 unspecified atom stereocenters. The molecule has 0 aliphatic rings. The first kappa shape index (κ1) is 4.50. The summed E-state index contributed by atoms with van der Waals surface area (Å²) in [4.78, 5) is 0. The summed E-state index contributed by atoms with van der Waals surface area (Å²) in [7, 11) is 0. The summed E-state index contributed by atoms with van der Waals surface area (Å²) in [5, 5.41) is 7.73. The van der Waals surface area contributed by atoms with Crippen molar-refractivity contribution >= 4 is 0 Å². The van der Waals surface area contributed by atoms with Gasteiger partial charge in [-0.15, -0.1) is 0 Å². The Morgan fingerprint density at radius 2 is 2.40 bits per heavy atom. The summed E-state index contributed by atoms with van der Waals surface area (Å²) in [6.07, 6.45) is 3.12. The Balaban J connectivity index is 2.62. The highest BCUT2D eigenvalue weighted by Gasteiger charge is 1.46. The van der Waals surface area contributed by atoms with Gasteiger partial charge in [-0.3, -0.25) is 10.7 Å². The first-order valence-electron chi connectivity index (χ1n) is 1.42. The standard InChI is InChI=1S/C3H7NO/c1-2-3-4-5/h2-5H,1H3/b3-2+. The third-order valence-corrected chi connectivity index (χ3v) is 0.241. The molecule has 0 aliphatic heterocycles. The third kappa shape index (κ3) is 3.50. The van der Waals surface area contributed by atoms with Gasteiger partial charge in [0.25, 0.3) is 0 Å². The van der Waals surface area contributed by atoms with Crippen molar-refractivity contribution in [1.82, 2.24) is 5.48 Å². The number of nitrogens with one attached hydrogen (secondary N) is 1. The van der Waals surface area contributed by atoms with Crippen LogP contribution in [-0.2, 0) is 0 Å². The second-order valence-corrected chi connectivity index (χ2v) is 0.629. The predicted molar refractivity (Wildman–Crippen MR) is 19.7 cm³/mol. The van der Waals surface area contributed by atoms with Crippen LogP contribution >= 0.6 is 0 Å². The van der Waals surface area contributed by atoms with Crippen molar-refractivity contribution in [3.8, 4) is 0 Å². The van der Waals surface area contributed by atoms with Crippen molar-refractivity contribution in [1.29, 1.82) is 0 Å². The van der Waals surface area contributed by atoms with Gasteiger partial charge in [-0.1, -0.05) is 6.08 Å². The molecule has 2 N–H and O–H groups in total. The third-order valence-electron chi connectivity index (χ3n) is 0.241. The molecule has 0 heterocycles. The minimum absolute atomic E-state index is 1.43. The summed E-state index contributed by atoms with van der Waals surface area (Å²) in [6, 6.07) is 0. The molecule has 0 aromatic carbocycles. The molecule has 0 bridgehead atoms. The van der Waals surface area contributed by atoms with E-state index >= 15 is 0 Å². The van der Waals surface area contributed by atoms with Gasteiger partial charge in [-0.25, -0.2) is 0 Å². The van der Waals surface area contributed by atoms with Crippen LogP contribution in [0.1, 0.15) is 6.92 Å². The van der Waals surface area contributed by atoms with Crippen LogP contribution in [-0.4, -0.2) is 5.21 Å². The fourth-order valence-corrected chi connectivity index (χ4v) is 0.0745.